The maximum atomic E-state index is 11.7. The topological polar surface area (TPSA) is 118 Å². The minimum absolute atomic E-state index is 0.212. The highest BCUT2D eigenvalue weighted by molar-refractivity contribution is 5.65. The Morgan fingerprint density at radius 1 is 1.45 bits per heavy atom. The molecule has 0 unspecified atom stereocenters. The molecule has 4 atom stereocenters. The third-order valence-electron chi connectivity index (χ3n) is 2.99. The molecule has 3 N–H and O–H groups in total. The average molecular weight is 285 g/mol. The highest BCUT2D eigenvalue weighted by Gasteiger charge is 2.44. The number of carbonyl (C=O) groups is 1. The molecule has 0 aromatic carbocycles. The molecule has 1 aromatic rings. The summed E-state index contributed by atoms with van der Waals surface area (Å²) in [5.41, 5.74) is -0.589. The van der Waals surface area contributed by atoms with E-state index in [4.69, 9.17) is 9.47 Å². The summed E-state index contributed by atoms with van der Waals surface area (Å²) in [5, 5.41) is 28.9. The van der Waals surface area contributed by atoms with Gasteiger partial charge in [0.1, 0.15) is 30.7 Å². The largest absolute Gasteiger partial charge is 0.508 e. The van der Waals surface area contributed by atoms with Gasteiger partial charge in [-0.15, -0.1) is 0 Å². The minimum Gasteiger partial charge on any atom is -0.508 e. The van der Waals surface area contributed by atoms with Crippen molar-refractivity contribution in [2.24, 2.45) is 0 Å². The molecule has 1 aliphatic heterocycles. The first kappa shape index (κ1) is 14.5. The molecule has 2 heterocycles. The lowest BCUT2D eigenvalue weighted by molar-refractivity contribution is -0.147. The fourth-order valence-corrected chi connectivity index (χ4v) is 1.99. The van der Waals surface area contributed by atoms with Gasteiger partial charge in [0, 0.05) is 19.2 Å². The quantitative estimate of drug-likeness (QED) is 0.593. The van der Waals surface area contributed by atoms with Crippen molar-refractivity contribution in [3.05, 3.63) is 28.7 Å². The van der Waals surface area contributed by atoms with Crippen LogP contribution in [0.2, 0.25) is 0 Å². The van der Waals surface area contributed by atoms with Gasteiger partial charge in [-0.1, -0.05) is 0 Å². The monoisotopic (exact) mass is 285 g/mol. The second kappa shape index (κ2) is 5.61. The van der Waals surface area contributed by atoms with E-state index >= 15 is 0 Å². The Labute approximate surface area is 113 Å². The number of esters is 1. The zero-order chi connectivity index (χ0) is 14.9. The predicted molar refractivity (Wildman–Crippen MR) is 64.9 cm³/mol. The number of pyridine rings is 1. The number of hydrogen-bond acceptors (Lipinski definition) is 7. The molecule has 1 aliphatic rings. The van der Waals surface area contributed by atoms with E-state index in [1.165, 1.54) is 19.2 Å². The van der Waals surface area contributed by atoms with Crippen molar-refractivity contribution in [2.45, 2.75) is 31.5 Å². The first-order valence-electron chi connectivity index (χ1n) is 5.96. The summed E-state index contributed by atoms with van der Waals surface area (Å²) in [6, 6.07) is 2.21. The SMILES string of the molecule is CC(=O)OC[C@H]1O[C@@H](n2ccc(O)cc2=O)[C@@H](O)[C@@H]1O. The van der Waals surface area contributed by atoms with Gasteiger partial charge >= 0.3 is 5.97 Å². The first-order valence-corrected chi connectivity index (χ1v) is 5.96. The predicted octanol–water partition coefficient (Wildman–Crippen LogP) is -1.26. The van der Waals surface area contributed by atoms with E-state index in [1.54, 1.807) is 0 Å². The van der Waals surface area contributed by atoms with Gasteiger partial charge in [-0.3, -0.25) is 14.2 Å². The van der Waals surface area contributed by atoms with Crippen LogP contribution < -0.4 is 5.56 Å². The lowest BCUT2D eigenvalue weighted by atomic mass is 10.1. The van der Waals surface area contributed by atoms with Crippen LogP contribution in [0.25, 0.3) is 0 Å². The fraction of sp³-hybridized carbons (Fsp3) is 0.500. The van der Waals surface area contributed by atoms with Crippen molar-refractivity contribution < 1.29 is 29.6 Å². The normalized spacial score (nSPS) is 29.4. The number of ether oxygens (including phenoxy) is 2. The zero-order valence-corrected chi connectivity index (χ0v) is 10.7. The molecule has 1 aromatic heterocycles. The van der Waals surface area contributed by atoms with Gasteiger partial charge in [0.2, 0.25) is 0 Å². The molecule has 1 saturated heterocycles. The number of nitrogens with zero attached hydrogens (tertiary/aromatic N) is 1. The highest BCUT2D eigenvalue weighted by Crippen LogP contribution is 2.28. The molecule has 0 bridgehead atoms. The van der Waals surface area contributed by atoms with E-state index in [1.807, 2.05) is 0 Å². The summed E-state index contributed by atoms with van der Waals surface area (Å²) in [5.74, 6) is -0.753. The highest BCUT2D eigenvalue weighted by atomic mass is 16.6. The van der Waals surface area contributed by atoms with Crippen LogP contribution in [-0.2, 0) is 14.3 Å². The number of rotatable bonds is 3. The molecule has 0 amide bonds. The number of aromatic nitrogens is 1. The van der Waals surface area contributed by atoms with Gasteiger partial charge in [0.05, 0.1) is 0 Å². The van der Waals surface area contributed by atoms with Crippen molar-refractivity contribution in [1.29, 1.82) is 0 Å². The van der Waals surface area contributed by atoms with Crippen LogP contribution >= 0.6 is 0 Å². The summed E-state index contributed by atoms with van der Waals surface area (Å²) in [7, 11) is 0. The van der Waals surface area contributed by atoms with Crippen LogP contribution in [0.4, 0.5) is 0 Å². The molecule has 0 saturated carbocycles. The Kier molecular flexibility index (Phi) is 4.07. The van der Waals surface area contributed by atoms with E-state index in [2.05, 4.69) is 0 Å². The lowest BCUT2D eigenvalue weighted by Gasteiger charge is -2.17. The second-order valence-corrected chi connectivity index (χ2v) is 4.48. The Morgan fingerprint density at radius 2 is 2.15 bits per heavy atom. The van der Waals surface area contributed by atoms with Gasteiger partial charge < -0.3 is 24.8 Å². The molecule has 20 heavy (non-hydrogen) atoms. The van der Waals surface area contributed by atoms with Crippen LogP contribution in [0, 0.1) is 0 Å². The number of hydrogen-bond donors (Lipinski definition) is 3. The molecule has 0 radical (unpaired) electrons. The van der Waals surface area contributed by atoms with Crippen LogP contribution in [-0.4, -0.2) is 50.8 Å². The molecule has 2 rings (SSSR count). The van der Waals surface area contributed by atoms with Crippen LogP contribution in [0.3, 0.4) is 0 Å². The molecule has 110 valence electrons. The number of aliphatic hydroxyl groups is 2. The van der Waals surface area contributed by atoms with E-state index in [0.29, 0.717) is 0 Å². The van der Waals surface area contributed by atoms with Crippen molar-refractivity contribution in [2.75, 3.05) is 6.61 Å². The summed E-state index contributed by atoms with van der Waals surface area (Å²) < 4.78 is 11.1. The Hall–Kier alpha value is -1.90. The minimum atomic E-state index is -1.35. The summed E-state index contributed by atoms with van der Waals surface area (Å²) in [6.07, 6.45) is -3.44. The van der Waals surface area contributed by atoms with Crippen molar-refractivity contribution >= 4 is 5.97 Å². The molecule has 0 spiro atoms. The Bertz CT molecular complexity index is 555. The van der Waals surface area contributed by atoms with Crippen LogP contribution in [0.15, 0.2) is 23.1 Å². The van der Waals surface area contributed by atoms with E-state index in [9.17, 15) is 24.9 Å². The maximum absolute atomic E-state index is 11.7. The lowest BCUT2D eigenvalue weighted by Crippen LogP contribution is -2.35. The maximum Gasteiger partial charge on any atom is 0.302 e. The van der Waals surface area contributed by atoms with E-state index in [0.717, 1.165) is 10.6 Å². The molecular weight excluding hydrogens is 270 g/mol. The molecule has 0 aliphatic carbocycles. The number of aromatic hydroxyl groups is 1. The van der Waals surface area contributed by atoms with Crippen molar-refractivity contribution in [1.82, 2.24) is 4.57 Å². The molecule has 8 heteroatoms. The van der Waals surface area contributed by atoms with E-state index < -0.39 is 36.1 Å². The third kappa shape index (κ3) is 2.82. The van der Waals surface area contributed by atoms with Gasteiger partial charge in [-0.25, -0.2) is 0 Å². The molecular formula is C12H15NO7. The van der Waals surface area contributed by atoms with Crippen molar-refractivity contribution in [3.63, 3.8) is 0 Å². The van der Waals surface area contributed by atoms with Crippen LogP contribution in [0.5, 0.6) is 5.75 Å². The third-order valence-corrected chi connectivity index (χ3v) is 2.99. The van der Waals surface area contributed by atoms with Crippen molar-refractivity contribution in [3.8, 4) is 5.75 Å². The number of carbonyl (C=O) groups excluding carboxylic acids is 1. The second-order valence-electron chi connectivity index (χ2n) is 4.48. The fourth-order valence-electron chi connectivity index (χ4n) is 1.99. The zero-order valence-electron chi connectivity index (χ0n) is 10.7. The molecule has 1 fully saturated rings. The van der Waals surface area contributed by atoms with Gasteiger partial charge in [0.25, 0.3) is 5.56 Å². The first-order chi connectivity index (χ1) is 9.40. The summed E-state index contributed by atoms with van der Waals surface area (Å²) in [4.78, 5) is 22.4. The summed E-state index contributed by atoms with van der Waals surface area (Å²) >= 11 is 0. The Balaban J connectivity index is 2.17. The van der Waals surface area contributed by atoms with Gasteiger partial charge in [-0.05, 0) is 6.07 Å². The average Bonchev–Trinajstić information content (AvgIpc) is 2.64. The number of aliphatic hydroxyl groups excluding tert-OH is 2. The molecule has 8 nitrogen and oxygen atoms in total. The Morgan fingerprint density at radius 3 is 2.75 bits per heavy atom. The summed E-state index contributed by atoms with van der Waals surface area (Å²) in [6.45, 7) is 0.983. The van der Waals surface area contributed by atoms with E-state index in [-0.39, 0.29) is 12.4 Å². The smallest absolute Gasteiger partial charge is 0.302 e. The van der Waals surface area contributed by atoms with Crippen LogP contribution in [0.1, 0.15) is 13.2 Å². The van der Waals surface area contributed by atoms with Gasteiger partial charge in [0.15, 0.2) is 6.23 Å². The standard InChI is InChI=1S/C12H15NO7/c1-6(14)19-5-8-10(17)11(18)12(20-8)13-3-2-7(15)4-9(13)16/h2-4,8,10-12,15,17-18H,5H2,1H3/t8-,10-,11+,12-/m1/s1. The van der Waals surface area contributed by atoms with Gasteiger partial charge in [-0.2, -0.15) is 0 Å².